The third kappa shape index (κ3) is 2.71. The topological polar surface area (TPSA) is 77.8 Å². The molecule has 0 unspecified atom stereocenters. The van der Waals surface area contributed by atoms with Crippen LogP contribution in [0.2, 0.25) is 0 Å². The first-order valence-corrected chi connectivity index (χ1v) is 10.7. The molecule has 4 rings (SSSR count). The van der Waals surface area contributed by atoms with Crippen LogP contribution in [0.4, 0.5) is 0 Å². The summed E-state index contributed by atoms with van der Waals surface area (Å²) >= 11 is 0. The number of aliphatic hydroxyl groups excluding tert-OH is 2. The lowest BCUT2D eigenvalue weighted by Crippen LogP contribution is -2.61. The van der Waals surface area contributed by atoms with Crippen LogP contribution in [-0.4, -0.2) is 39.4 Å². The predicted octanol–water partition coefficient (Wildman–Crippen LogP) is 3.40. The molecule has 0 saturated heterocycles. The molecule has 0 aliphatic heterocycles. The Balaban J connectivity index is 0.00000102. The minimum atomic E-state index is -1.50. The number of hydrogen-bond acceptors (Lipinski definition) is 4. The predicted molar refractivity (Wildman–Crippen MR) is 106 cm³/mol. The van der Waals surface area contributed by atoms with Crippen molar-refractivity contribution in [2.45, 2.75) is 77.9 Å². The zero-order valence-corrected chi connectivity index (χ0v) is 17.2. The molecule has 3 N–H and O–H groups in total. The van der Waals surface area contributed by atoms with Gasteiger partial charge in [-0.2, -0.15) is 0 Å². The van der Waals surface area contributed by atoms with Crippen molar-refractivity contribution in [1.82, 2.24) is 0 Å². The second-order valence-electron chi connectivity index (χ2n) is 9.25. The van der Waals surface area contributed by atoms with Crippen molar-refractivity contribution in [2.24, 2.45) is 28.6 Å². The summed E-state index contributed by atoms with van der Waals surface area (Å²) < 4.78 is 0. The van der Waals surface area contributed by atoms with Crippen molar-refractivity contribution >= 4 is 5.78 Å². The van der Waals surface area contributed by atoms with E-state index in [0.717, 1.165) is 25.7 Å². The number of carbonyl (C=O) groups excluding carboxylic acids is 1. The number of hydrogen-bond donors (Lipinski definition) is 3. The molecule has 7 atom stereocenters. The third-order valence-corrected chi connectivity index (χ3v) is 8.40. The summed E-state index contributed by atoms with van der Waals surface area (Å²) in [7, 11) is 0. The molecule has 4 nitrogen and oxygen atoms in total. The molecule has 0 amide bonds. The Hall–Kier alpha value is -0.970. The first-order valence-electron chi connectivity index (χ1n) is 10.7. The maximum Gasteiger partial charge on any atom is 0.190 e. The minimum absolute atomic E-state index is 0.0138. The number of carbonyl (C=O) groups is 1. The van der Waals surface area contributed by atoms with Gasteiger partial charge in [0.25, 0.3) is 0 Å². The standard InChI is InChI=1S/C21H30O4.C2H6/c1-19-9-4-3-5-13(19)6-7-14-15-8-10-21(25,17(24)12-22)20(15,2)11-16(23)18(14)19;1-2/h3-5,14-16,18,22-23,25H,6-12H2,1-2H3;1-2H3/t14-,15-,16-,18+,19-,20-,21-;/m0./s1. The zero-order valence-electron chi connectivity index (χ0n) is 17.2. The van der Waals surface area contributed by atoms with Gasteiger partial charge in [-0.05, 0) is 61.7 Å². The number of fused-ring (bicyclic) bond motifs is 5. The highest BCUT2D eigenvalue weighted by molar-refractivity contribution is 5.89. The van der Waals surface area contributed by atoms with Crippen molar-refractivity contribution in [3.05, 3.63) is 23.8 Å². The van der Waals surface area contributed by atoms with Crippen molar-refractivity contribution in [3.8, 4) is 0 Å². The lowest BCUT2D eigenvalue weighted by atomic mass is 9.46. The van der Waals surface area contributed by atoms with Crippen LogP contribution in [0.25, 0.3) is 0 Å². The van der Waals surface area contributed by atoms with E-state index in [2.05, 4.69) is 25.2 Å². The highest BCUT2D eigenvalue weighted by Crippen LogP contribution is 2.67. The van der Waals surface area contributed by atoms with Crippen LogP contribution in [0.15, 0.2) is 23.8 Å². The molecule has 0 spiro atoms. The van der Waals surface area contributed by atoms with Crippen LogP contribution < -0.4 is 0 Å². The lowest BCUT2D eigenvalue weighted by molar-refractivity contribution is -0.181. The number of rotatable bonds is 2. The Morgan fingerprint density at radius 3 is 2.63 bits per heavy atom. The molecule has 3 saturated carbocycles. The molecular weight excluding hydrogens is 340 g/mol. The SMILES string of the molecule is CC.C[C@]12CC=CC=C1CC[C@@H]1[C@@H]2[C@@H](O)C[C@@]2(C)[C@H]1CC[C@]2(O)C(=O)CO. The Labute approximate surface area is 163 Å². The fourth-order valence-electron chi connectivity index (χ4n) is 7.11. The van der Waals surface area contributed by atoms with E-state index in [0.29, 0.717) is 18.8 Å². The largest absolute Gasteiger partial charge is 0.393 e. The second-order valence-corrected chi connectivity index (χ2v) is 9.25. The van der Waals surface area contributed by atoms with Gasteiger partial charge in [0.1, 0.15) is 12.2 Å². The molecular formula is C23H36O4. The molecule has 4 aliphatic rings. The van der Waals surface area contributed by atoms with Gasteiger partial charge in [-0.3, -0.25) is 4.79 Å². The minimum Gasteiger partial charge on any atom is -0.393 e. The van der Waals surface area contributed by atoms with Gasteiger partial charge in [-0.15, -0.1) is 0 Å². The molecule has 27 heavy (non-hydrogen) atoms. The first-order chi connectivity index (χ1) is 12.8. The summed E-state index contributed by atoms with van der Waals surface area (Å²) in [5.74, 6) is 0.252. The Kier molecular flexibility index (Phi) is 5.48. The molecule has 4 heteroatoms. The fraction of sp³-hybridized carbons (Fsp3) is 0.783. The number of Topliss-reactive ketones (excluding diaryl/α,β-unsaturated/α-hetero) is 1. The fourth-order valence-corrected chi connectivity index (χ4v) is 7.11. The van der Waals surface area contributed by atoms with E-state index in [1.54, 1.807) is 0 Å². The number of aliphatic hydroxyl groups is 3. The van der Waals surface area contributed by atoms with Crippen molar-refractivity contribution in [3.63, 3.8) is 0 Å². The molecule has 0 aromatic heterocycles. The molecule has 0 radical (unpaired) electrons. The highest BCUT2D eigenvalue weighted by atomic mass is 16.3. The van der Waals surface area contributed by atoms with Gasteiger partial charge in [0.05, 0.1) is 6.10 Å². The number of allylic oxidation sites excluding steroid dienone is 4. The first kappa shape index (κ1) is 20.8. The van der Waals surface area contributed by atoms with Crippen LogP contribution in [0.3, 0.4) is 0 Å². The van der Waals surface area contributed by atoms with Crippen LogP contribution in [0, 0.1) is 28.6 Å². The van der Waals surface area contributed by atoms with Gasteiger partial charge in [-0.25, -0.2) is 0 Å². The van der Waals surface area contributed by atoms with E-state index in [1.807, 2.05) is 20.8 Å². The van der Waals surface area contributed by atoms with Gasteiger partial charge in [-0.1, -0.05) is 51.5 Å². The van der Waals surface area contributed by atoms with Crippen LogP contribution in [0.1, 0.15) is 66.2 Å². The molecule has 0 bridgehead atoms. The van der Waals surface area contributed by atoms with E-state index in [1.165, 1.54) is 5.57 Å². The van der Waals surface area contributed by atoms with E-state index in [4.69, 9.17) is 0 Å². The normalized spacial score (nSPS) is 47.7. The maximum atomic E-state index is 12.4. The monoisotopic (exact) mass is 376 g/mol. The Morgan fingerprint density at radius 2 is 1.96 bits per heavy atom. The Bertz CT molecular complexity index is 653. The average Bonchev–Trinajstić information content (AvgIpc) is 2.93. The van der Waals surface area contributed by atoms with E-state index in [9.17, 15) is 20.1 Å². The summed E-state index contributed by atoms with van der Waals surface area (Å²) in [6, 6.07) is 0. The van der Waals surface area contributed by atoms with Gasteiger partial charge >= 0.3 is 0 Å². The van der Waals surface area contributed by atoms with Crippen molar-refractivity contribution < 1.29 is 20.1 Å². The van der Waals surface area contributed by atoms with Crippen LogP contribution >= 0.6 is 0 Å². The summed E-state index contributed by atoms with van der Waals surface area (Å²) in [5.41, 5.74) is -0.712. The Morgan fingerprint density at radius 1 is 1.26 bits per heavy atom. The summed E-state index contributed by atoms with van der Waals surface area (Å²) in [4.78, 5) is 12.4. The van der Waals surface area contributed by atoms with E-state index < -0.39 is 29.5 Å². The molecule has 152 valence electrons. The maximum absolute atomic E-state index is 12.4. The molecule has 0 heterocycles. The second kappa shape index (κ2) is 7.13. The highest BCUT2D eigenvalue weighted by Gasteiger charge is 2.67. The lowest BCUT2D eigenvalue weighted by Gasteiger charge is -2.60. The summed E-state index contributed by atoms with van der Waals surface area (Å²) in [6.07, 6.45) is 10.7. The molecule has 4 aliphatic carbocycles. The van der Waals surface area contributed by atoms with Crippen molar-refractivity contribution in [1.29, 1.82) is 0 Å². The van der Waals surface area contributed by atoms with Crippen LogP contribution in [0.5, 0.6) is 0 Å². The third-order valence-electron chi connectivity index (χ3n) is 8.40. The molecule has 0 aromatic rings. The van der Waals surface area contributed by atoms with E-state index >= 15 is 0 Å². The zero-order chi connectivity index (χ0) is 20.0. The quantitative estimate of drug-likeness (QED) is 0.690. The smallest absolute Gasteiger partial charge is 0.190 e. The summed E-state index contributed by atoms with van der Waals surface area (Å²) in [6.45, 7) is 7.62. The van der Waals surface area contributed by atoms with Gasteiger partial charge in [0.2, 0.25) is 0 Å². The molecule has 0 aromatic carbocycles. The van der Waals surface area contributed by atoms with Crippen LogP contribution in [-0.2, 0) is 4.79 Å². The van der Waals surface area contributed by atoms with Gasteiger partial charge < -0.3 is 15.3 Å². The number of ketones is 1. The average molecular weight is 377 g/mol. The summed E-state index contributed by atoms with van der Waals surface area (Å²) in [5, 5.41) is 31.7. The van der Waals surface area contributed by atoms with Gasteiger partial charge in [0, 0.05) is 5.41 Å². The van der Waals surface area contributed by atoms with Crippen molar-refractivity contribution in [2.75, 3.05) is 6.61 Å². The van der Waals surface area contributed by atoms with Gasteiger partial charge in [0.15, 0.2) is 5.78 Å². The molecule has 3 fully saturated rings. The van der Waals surface area contributed by atoms with E-state index in [-0.39, 0.29) is 17.3 Å².